The van der Waals surface area contributed by atoms with Crippen LogP contribution in [0, 0.1) is 5.92 Å². The molecule has 0 saturated carbocycles. The molecule has 10 nitrogen and oxygen atoms in total. The number of likely N-dealkylation sites (tertiary alicyclic amines) is 1. The monoisotopic (exact) mass is 624 g/mol. The first-order chi connectivity index (χ1) is 19.4. The molecule has 2 aromatic rings. The number of urea groups is 1. The Morgan fingerprint density at radius 2 is 1.69 bits per heavy atom. The van der Waals surface area contributed by atoms with Gasteiger partial charge in [0.15, 0.2) is 0 Å². The highest BCUT2D eigenvalue weighted by Crippen LogP contribution is 2.27. The van der Waals surface area contributed by atoms with Crippen LogP contribution < -0.4 is 20.1 Å². The van der Waals surface area contributed by atoms with Crippen LogP contribution in [0.2, 0.25) is 0 Å². The number of ether oxygens (including phenoxy) is 1. The molecule has 1 fully saturated rings. The van der Waals surface area contributed by atoms with E-state index in [4.69, 9.17) is 4.74 Å². The lowest BCUT2D eigenvalue weighted by Crippen LogP contribution is -2.54. The molecule has 2 aromatic carbocycles. The number of carboxylic acids is 1. The van der Waals surface area contributed by atoms with Crippen molar-refractivity contribution in [2.45, 2.75) is 84.0 Å². The summed E-state index contributed by atoms with van der Waals surface area (Å²) >= 11 is 0. The van der Waals surface area contributed by atoms with E-state index in [2.05, 4.69) is 27.2 Å². The maximum absolute atomic E-state index is 12.6. The zero-order valence-electron chi connectivity index (χ0n) is 24.8. The normalized spacial score (nSPS) is 18.0. The zero-order valence-corrected chi connectivity index (χ0v) is 26.5. The second-order valence-electron chi connectivity index (χ2n) is 11.3. The Kier molecular flexibility index (Phi) is 13.9. The fraction of sp³-hybridized carbons (Fsp3) is 0.533. The van der Waals surface area contributed by atoms with Gasteiger partial charge in [0.25, 0.3) is 0 Å². The van der Waals surface area contributed by atoms with E-state index < -0.39 is 28.1 Å². The van der Waals surface area contributed by atoms with Gasteiger partial charge in [-0.05, 0) is 73.6 Å². The molecule has 0 aliphatic carbocycles. The van der Waals surface area contributed by atoms with Crippen molar-refractivity contribution < 1.29 is 27.9 Å². The minimum absolute atomic E-state index is 0. The zero-order chi connectivity index (χ0) is 30.0. The van der Waals surface area contributed by atoms with Crippen molar-refractivity contribution in [3.63, 3.8) is 0 Å². The van der Waals surface area contributed by atoms with Gasteiger partial charge in [0.2, 0.25) is 10.0 Å². The van der Waals surface area contributed by atoms with E-state index in [1.165, 1.54) is 0 Å². The number of hydrogen-bond acceptors (Lipinski definition) is 6. The van der Waals surface area contributed by atoms with Gasteiger partial charge in [-0.25, -0.2) is 18.0 Å². The topological polar surface area (TPSA) is 137 Å². The summed E-state index contributed by atoms with van der Waals surface area (Å²) in [5.41, 5.74) is 1.64. The molecule has 3 atom stereocenters. The number of amides is 2. The van der Waals surface area contributed by atoms with E-state index in [0.717, 1.165) is 57.0 Å². The summed E-state index contributed by atoms with van der Waals surface area (Å²) in [6, 6.07) is 13.7. The SMILES string of the molecule is CCCCC1CC(NC(=O)NC(CC(C)C)C(=O)O)CCN1Cc1ccc(Oc2ccc(NS(C)(=O)=O)cc2)cc1.Cl. The number of carbonyl (C=O) groups excluding carboxylic acids is 1. The van der Waals surface area contributed by atoms with Crippen LogP contribution in [0.5, 0.6) is 11.5 Å². The molecule has 0 bridgehead atoms. The second kappa shape index (κ2) is 16.6. The third-order valence-corrected chi connectivity index (χ3v) is 7.68. The molecule has 2 amide bonds. The third kappa shape index (κ3) is 12.1. The highest BCUT2D eigenvalue weighted by Gasteiger charge is 2.30. The average molecular weight is 625 g/mol. The largest absolute Gasteiger partial charge is 0.480 e. The molecule has 42 heavy (non-hydrogen) atoms. The number of halogens is 1. The van der Waals surface area contributed by atoms with E-state index in [1.807, 2.05) is 38.1 Å². The quantitative estimate of drug-likeness (QED) is 0.215. The molecule has 1 heterocycles. The molecule has 12 heteroatoms. The van der Waals surface area contributed by atoms with Crippen molar-refractivity contribution in [3.8, 4) is 11.5 Å². The summed E-state index contributed by atoms with van der Waals surface area (Å²) in [6.45, 7) is 7.66. The van der Waals surface area contributed by atoms with E-state index >= 15 is 0 Å². The highest BCUT2D eigenvalue weighted by molar-refractivity contribution is 7.92. The fourth-order valence-electron chi connectivity index (χ4n) is 5.10. The third-order valence-electron chi connectivity index (χ3n) is 7.08. The maximum atomic E-state index is 12.6. The number of nitrogens with one attached hydrogen (secondary N) is 3. The summed E-state index contributed by atoms with van der Waals surface area (Å²) in [5, 5.41) is 15.1. The van der Waals surface area contributed by atoms with Gasteiger partial charge in [-0.2, -0.15) is 0 Å². The van der Waals surface area contributed by atoms with Gasteiger partial charge < -0.3 is 20.5 Å². The molecule has 0 radical (unpaired) electrons. The smallest absolute Gasteiger partial charge is 0.326 e. The van der Waals surface area contributed by atoms with Gasteiger partial charge in [-0.15, -0.1) is 12.4 Å². The predicted molar refractivity (Wildman–Crippen MR) is 168 cm³/mol. The molecular formula is C30H45ClN4O6S. The number of sulfonamides is 1. The molecule has 1 aliphatic heterocycles. The van der Waals surface area contributed by atoms with Crippen LogP contribution in [0.15, 0.2) is 48.5 Å². The van der Waals surface area contributed by atoms with E-state index in [1.54, 1.807) is 24.3 Å². The Morgan fingerprint density at radius 3 is 2.24 bits per heavy atom. The minimum atomic E-state index is -3.33. The van der Waals surface area contributed by atoms with Crippen molar-refractivity contribution in [2.75, 3.05) is 17.5 Å². The second-order valence-corrected chi connectivity index (χ2v) is 13.0. The van der Waals surface area contributed by atoms with Gasteiger partial charge in [0.1, 0.15) is 17.5 Å². The summed E-state index contributed by atoms with van der Waals surface area (Å²) in [7, 11) is -3.33. The van der Waals surface area contributed by atoms with Crippen molar-refractivity contribution in [3.05, 3.63) is 54.1 Å². The molecule has 3 rings (SSSR count). The fourth-order valence-corrected chi connectivity index (χ4v) is 5.66. The van der Waals surface area contributed by atoms with Gasteiger partial charge >= 0.3 is 12.0 Å². The minimum Gasteiger partial charge on any atom is -0.480 e. The molecular weight excluding hydrogens is 580 g/mol. The number of carbonyl (C=O) groups is 2. The molecule has 0 aromatic heterocycles. The van der Waals surface area contributed by atoms with E-state index in [-0.39, 0.29) is 24.4 Å². The van der Waals surface area contributed by atoms with Crippen molar-refractivity contribution >= 4 is 40.1 Å². The highest BCUT2D eigenvalue weighted by atomic mass is 35.5. The number of anilines is 1. The van der Waals surface area contributed by atoms with Crippen LogP contribution >= 0.6 is 12.4 Å². The Bertz CT molecular complexity index is 1240. The Hall–Kier alpha value is -3.02. The van der Waals surface area contributed by atoms with Crippen molar-refractivity contribution in [2.24, 2.45) is 5.92 Å². The number of benzene rings is 2. The van der Waals surface area contributed by atoms with Crippen LogP contribution in [0.3, 0.4) is 0 Å². The molecule has 0 spiro atoms. The first-order valence-electron chi connectivity index (χ1n) is 14.3. The van der Waals surface area contributed by atoms with Crippen LogP contribution in [0.1, 0.15) is 64.9 Å². The number of aliphatic carboxylic acids is 1. The lowest BCUT2D eigenvalue weighted by molar-refractivity contribution is -0.139. The standard InChI is InChI=1S/C30H44N4O6S.ClH/c1-5-6-7-25-19-24(31-30(37)32-28(29(35)36)18-21(2)3)16-17-34(25)20-22-8-12-26(13-9-22)40-27-14-10-23(11-15-27)33-41(4,38)39;/h8-15,21,24-25,28,33H,5-7,16-20H2,1-4H3,(H,35,36)(H2,31,32,37);1H. The number of carboxylic acid groups (broad SMARTS) is 1. The van der Waals surface area contributed by atoms with Crippen LogP contribution in [0.4, 0.5) is 10.5 Å². The van der Waals surface area contributed by atoms with Gasteiger partial charge in [-0.1, -0.05) is 45.7 Å². The molecule has 1 aliphatic rings. The Morgan fingerprint density at radius 1 is 1.07 bits per heavy atom. The lowest BCUT2D eigenvalue weighted by Gasteiger charge is -2.40. The van der Waals surface area contributed by atoms with Crippen molar-refractivity contribution in [1.82, 2.24) is 15.5 Å². The first kappa shape index (κ1) is 35.2. The van der Waals surface area contributed by atoms with Crippen LogP contribution in [0.25, 0.3) is 0 Å². The van der Waals surface area contributed by atoms with Gasteiger partial charge in [-0.3, -0.25) is 9.62 Å². The number of piperidine rings is 1. The summed E-state index contributed by atoms with van der Waals surface area (Å²) in [4.78, 5) is 26.6. The Balaban J connectivity index is 0.00000616. The molecule has 4 N–H and O–H groups in total. The van der Waals surface area contributed by atoms with Crippen LogP contribution in [-0.4, -0.2) is 61.4 Å². The van der Waals surface area contributed by atoms with Crippen LogP contribution in [-0.2, 0) is 21.4 Å². The Labute approximate surface area is 256 Å². The predicted octanol–water partition coefficient (Wildman–Crippen LogP) is 5.59. The number of unbranched alkanes of at least 4 members (excludes halogenated alkanes) is 1. The molecule has 3 unspecified atom stereocenters. The summed E-state index contributed by atoms with van der Waals surface area (Å²) < 4.78 is 31.1. The number of hydrogen-bond donors (Lipinski definition) is 4. The first-order valence-corrected chi connectivity index (χ1v) is 16.2. The van der Waals surface area contributed by atoms with Gasteiger partial charge in [0, 0.05) is 30.9 Å². The van der Waals surface area contributed by atoms with Gasteiger partial charge in [0.05, 0.1) is 6.26 Å². The lowest BCUT2D eigenvalue weighted by atomic mass is 9.93. The van der Waals surface area contributed by atoms with E-state index in [9.17, 15) is 23.1 Å². The summed E-state index contributed by atoms with van der Waals surface area (Å²) in [5.74, 6) is 0.442. The maximum Gasteiger partial charge on any atom is 0.326 e. The van der Waals surface area contributed by atoms with Crippen molar-refractivity contribution in [1.29, 1.82) is 0 Å². The van der Waals surface area contributed by atoms with E-state index in [0.29, 0.717) is 29.6 Å². The molecule has 234 valence electrons. The molecule has 1 saturated heterocycles. The average Bonchev–Trinajstić information content (AvgIpc) is 2.89. The summed E-state index contributed by atoms with van der Waals surface area (Å²) in [6.07, 6.45) is 6.34. The number of rotatable bonds is 14. The number of nitrogens with zero attached hydrogens (tertiary/aromatic N) is 1.